The van der Waals surface area contributed by atoms with Crippen molar-refractivity contribution < 1.29 is 14.3 Å². The molecule has 0 amide bonds. The third kappa shape index (κ3) is 5.94. The van der Waals surface area contributed by atoms with E-state index in [1.165, 1.54) is 5.56 Å². The van der Waals surface area contributed by atoms with Crippen LogP contribution in [0.25, 0.3) is 0 Å². The van der Waals surface area contributed by atoms with Crippen LogP contribution in [-0.4, -0.2) is 56.2 Å². The first kappa shape index (κ1) is 23.8. The summed E-state index contributed by atoms with van der Waals surface area (Å²) in [4.78, 5) is 16.4. The second kappa shape index (κ2) is 11.7. The fourth-order valence-electron chi connectivity index (χ4n) is 4.61. The number of rotatable bonds is 10. The molecule has 1 unspecified atom stereocenters. The summed E-state index contributed by atoms with van der Waals surface area (Å²) in [7, 11) is 0. The van der Waals surface area contributed by atoms with Crippen LogP contribution in [0.3, 0.4) is 0 Å². The Kier molecular flexibility index (Phi) is 8.14. The van der Waals surface area contributed by atoms with Crippen molar-refractivity contribution in [3.05, 3.63) is 59.2 Å². The molecule has 7 nitrogen and oxygen atoms in total. The van der Waals surface area contributed by atoms with E-state index in [4.69, 9.17) is 20.0 Å². The van der Waals surface area contributed by atoms with Gasteiger partial charge < -0.3 is 14.4 Å². The van der Waals surface area contributed by atoms with Crippen LogP contribution in [0.15, 0.2) is 42.5 Å². The molecule has 1 heterocycles. The topological polar surface area (TPSA) is 89.6 Å². The SMILES string of the molecule is N#CCCN(CCC#N)c1ccc(CN2CCOC(COc3cccc4c3CCC4=O)C2)cc1. The molecule has 4 rings (SSSR count). The number of morpholine rings is 1. The maximum absolute atomic E-state index is 12.0. The van der Waals surface area contributed by atoms with Gasteiger partial charge in [0.05, 0.1) is 31.6 Å². The third-order valence-electron chi connectivity index (χ3n) is 6.38. The molecule has 2 aromatic carbocycles. The average Bonchev–Trinajstić information content (AvgIpc) is 3.25. The smallest absolute Gasteiger partial charge is 0.163 e. The molecular formula is C27H30N4O3. The van der Waals surface area contributed by atoms with Crippen LogP contribution < -0.4 is 9.64 Å². The number of ether oxygens (including phenoxy) is 2. The van der Waals surface area contributed by atoms with Crippen LogP contribution in [-0.2, 0) is 17.7 Å². The quantitative estimate of drug-likeness (QED) is 0.536. The number of carbonyl (C=O) groups is 1. The fourth-order valence-corrected chi connectivity index (χ4v) is 4.61. The molecule has 176 valence electrons. The highest BCUT2D eigenvalue weighted by Gasteiger charge is 2.25. The number of hydrogen-bond acceptors (Lipinski definition) is 7. The van der Waals surface area contributed by atoms with Crippen molar-refractivity contribution >= 4 is 11.5 Å². The minimum absolute atomic E-state index is 0.0200. The van der Waals surface area contributed by atoms with Crippen LogP contribution >= 0.6 is 0 Å². The van der Waals surface area contributed by atoms with E-state index in [1.807, 2.05) is 18.2 Å². The van der Waals surface area contributed by atoms with Crippen molar-refractivity contribution in [3.8, 4) is 17.9 Å². The molecule has 7 heteroatoms. The first-order valence-electron chi connectivity index (χ1n) is 11.9. The number of anilines is 1. The predicted octanol–water partition coefficient (Wildman–Crippen LogP) is 3.73. The lowest BCUT2D eigenvalue weighted by Crippen LogP contribution is -2.44. The highest BCUT2D eigenvalue weighted by atomic mass is 16.5. The molecule has 2 aliphatic rings. The van der Waals surface area contributed by atoms with E-state index >= 15 is 0 Å². The summed E-state index contributed by atoms with van der Waals surface area (Å²) >= 11 is 0. The van der Waals surface area contributed by atoms with Gasteiger partial charge in [-0.25, -0.2) is 0 Å². The average molecular weight is 459 g/mol. The monoisotopic (exact) mass is 458 g/mol. The predicted molar refractivity (Wildman–Crippen MR) is 129 cm³/mol. The first-order valence-corrected chi connectivity index (χ1v) is 11.9. The van der Waals surface area contributed by atoms with Gasteiger partial charge in [-0.2, -0.15) is 10.5 Å². The standard InChI is InChI=1S/C27H30N4O3/c28-12-2-14-31(15-3-13-29)22-8-6-21(7-9-22)18-30-16-17-33-23(19-30)20-34-27-5-1-4-24-25(27)10-11-26(24)32/h1,4-9,23H,2-3,10-11,14-20H2. The van der Waals surface area contributed by atoms with E-state index in [1.54, 1.807) is 0 Å². The van der Waals surface area contributed by atoms with Crippen molar-refractivity contribution in [1.82, 2.24) is 4.90 Å². The van der Waals surface area contributed by atoms with Gasteiger partial charge in [0, 0.05) is 56.0 Å². The molecule has 0 aromatic heterocycles. The molecule has 1 aliphatic carbocycles. The number of hydrogen-bond donors (Lipinski definition) is 0. The van der Waals surface area contributed by atoms with E-state index in [0.29, 0.717) is 45.6 Å². The highest BCUT2D eigenvalue weighted by Crippen LogP contribution is 2.30. The molecule has 1 saturated heterocycles. The summed E-state index contributed by atoms with van der Waals surface area (Å²) in [6.45, 7) is 4.85. The Morgan fingerprint density at radius 3 is 2.56 bits per heavy atom. The summed E-state index contributed by atoms with van der Waals surface area (Å²) in [5.41, 5.74) is 4.08. The van der Waals surface area contributed by atoms with E-state index in [9.17, 15) is 4.79 Å². The van der Waals surface area contributed by atoms with Gasteiger partial charge in [0.25, 0.3) is 0 Å². The number of carbonyl (C=O) groups excluding carboxylic acids is 1. The van der Waals surface area contributed by atoms with Crippen LogP contribution in [0.2, 0.25) is 0 Å². The minimum atomic E-state index is -0.0200. The Morgan fingerprint density at radius 1 is 1.06 bits per heavy atom. The summed E-state index contributed by atoms with van der Waals surface area (Å²) in [6, 6.07) is 18.4. The van der Waals surface area contributed by atoms with Gasteiger partial charge in [0.2, 0.25) is 0 Å². The summed E-state index contributed by atoms with van der Waals surface area (Å²) in [5.74, 6) is 1.00. The molecule has 1 fully saturated rings. The van der Waals surface area contributed by atoms with Crippen LogP contribution in [0, 0.1) is 22.7 Å². The van der Waals surface area contributed by atoms with E-state index < -0.39 is 0 Å². The van der Waals surface area contributed by atoms with Crippen molar-refractivity contribution in [1.29, 1.82) is 10.5 Å². The third-order valence-corrected chi connectivity index (χ3v) is 6.38. The zero-order valence-corrected chi connectivity index (χ0v) is 19.4. The lowest BCUT2D eigenvalue weighted by Gasteiger charge is -2.33. The summed E-state index contributed by atoms with van der Waals surface area (Å²) in [6.07, 6.45) is 2.17. The molecule has 2 aromatic rings. The van der Waals surface area contributed by atoms with E-state index in [-0.39, 0.29) is 11.9 Å². The Labute approximate surface area is 201 Å². The van der Waals surface area contributed by atoms with Gasteiger partial charge in [0.15, 0.2) is 5.78 Å². The molecule has 34 heavy (non-hydrogen) atoms. The highest BCUT2D eigenvalue weighted by molar-refractivity contribution is 6.01. The Hall–Kier alpha value is -3.39. The number of fused-ring (bicyclic) bond motifs is 1. The van der Waals surface area contributed by atoms with Crippen LogP contribution in [0.1, 0.15) is 40.7 Å². The molecule has 0 saturated carbocycles. The Balaban J connectivity index is 1.30. The minimum Gasteiger partial charge on any atom is -0.491 e. The molecule has 0 bridgehead atoms. The van der Waals surface area contributed by atoms with Crippen molar-refractivity contribution in [3.63, 3.8) is 0 Å². The maximum atomic E-state index is 12.0. The summed E-state index contributed by atoms with van der Waals surface area (Å²) < 4.78 is 12.0. The van der Waals surface area contributed by atoms with Gasteiger partial charge >= 0.3 is 0 Å². The largest absolute Gasteiger partial charge is 0.491 e. The molecule has 0 N–H and O–H groups in total. The summed E-state index contributed by atoms with van der Waals surface area (Å²) in [5, 5.41) is 17.8. The number of nitrogens with zero attached hydrogens (tertiary/aromatic N) is 4. The normalized spacial score (nSPS) is 17.6. The van der Waals surface area contributed by atoms with Gasteiger partial charge in [0.1, 0.15) is 18.5 Å². The molecule has 0 radical (unpaired) electrons. The van der Waals surface area contributed by atoms with Crippen molar-refractivity contribution in [2.24, 2.45) is 0 Å². The van der Waals surface area contributed by atoms with Gasteiger partial charge in [-0.05, 0) is 30.2 Å². The number of nitriles is 2. The van der Waals surface area contributed by atoms with Gasteiger partial charge in [-0.15, -0.1) is 0 Å². The lowest BCUT2D eigenvalue weighted by molar-refractivity contribution is -0.0505. The molecule has 1 aliphatic heterocycles. The van der Waals surface area contributed by atoms with Gasteiger partial charge in [-0.3, -0.25) is 9.69 Å². The number of ketones is 1. The number of benzene rings is 2. The van der Waals surface area contributed by atoms with Crippen molar-refractivity contribution in [2.75, 3.05) is 44.3 Å². The fraction of sp³-hybridized carbons (Fsp3) is 0.444. The molecule has 0 spiro atoms. The second-order valence-corrected chi connectivity index (χ2v) is 8.71. The van der Waals surface area contributed by atoms with E-state index in [2.05, 4.69) is 46.2 Å². The van der Waals surface area contributed by atoms with Crippen LogP contribution in [0.4, 0.5) is 5.69 Å². The lowest BCUT2D eigenvalue weighted by atomic mass is 10.1. The first-order chi connectivity index (χ1) is 16.7. The number of Topliss-reactive ketones (excluding diaryl/α,β-unsaturated/α-hetero) is 1. The van der Waals surface area contributed by atoms with E-state index in [0.717, 1.165) is 48.6 Å². The van der Waals surface area contributed by atoms with Crippen molar-refractivity contribution in [2.45, 2.75) is 38.3 Å². The zero-order chi connectivity index (χ0) is 23.8. The molecular weight excluding hydrogens is 428 g/mol. The second-order valence-electron chi connectivity index (χ2n) is 8.71. The zero-order valence-electron chi connectivity index (χ0n) is 19.4. The van der Waals surface area contributed by atoms with Gasteiger partial charge in [-0.1, -0.05) is 24.3 Å². The van der Waals surface area contributed by atoms with Crippen LogP contribution in [0.5, 0.6) is 5.75 Å². The Bertz CT molecular complexity index is 1050. The Morgan fingerprint density at radius 2 is 1.82 bits per heavy atom. The maximum Gasteiger partial charge on any atom is 0.163 e. The molecule has 1 atom stereocenters.